The van der Waals surface area contributed by atoms with Gasteiger partial charge in [-0.2, -0.15) is 0 Å². The molecule has 0 atom stereocenters. The van der Waals surface area contributed by atoms with Crippen molar-refractivity contribution in [3.05, 3.63) is 19.3 Å². The molecule has 0 rings (SSSR count). The maximum absolute atomic E-state index is 4.59. The first-order chi connectivity index (χ1) is 4.41. The van der Waals surface area contributed by atoms with Gasteiger partial charge in [-0.25, -0.2) is 0 Å². The van der Waals surface area contributed by atoms with Gasteiger partial charge >= 0.3 is 0 Å². The van der Waals surface area contributed by atoms with Crippen LogP contribution in [0.25, 0.3) is 0 Å². The molecule has 0 saturated carbocycles. The lowest BCUT2D eigenvalue weighted by Crippen LogP contribution is -1.77. The molecule has 0 aromatic carbocycles. The first-order valence-corrected chi connectivity index (χ1v) is 3.43. The zero-order valence-corrected chi connectivity index (χ0v) is 6.10. The standard InChI is InChI=1S/C8H15O/c1-3-4-5-6-7-8-9-2/h6-7H,2-5,8H2,1H3. The smallest absolute Gasteiger partial charge is 0.0704 e. The van der Waals surface area contributed by atoms with Gasteiger partial charge in [-0.3, -0.25) is 0 Å². The van der Waals surface area contributed by atoms with Crippen LogP contribution < -0.4 is 0 Å². The molecule has 1 radical (unpaired) electrons. The molecule has 0 bridgehead atoms. The fourth-order valence-corrected chi connectivity index (χ4v) is 0.576. The minimum Gasteiger partial charge on any atom is -0.375 e. The number of hydrogen-bond donors (Lipinski definition) is 0. The van der Waals surface area contributed by atoms with Crippen LogP contribution in [0.4, 0.5) is 0 Å². The predicted molar refractivity (Wildman–Crippen MR) is 40.0 cm³/mol. The summed E-state index contributed by atoms with van der Waals surface area (Å²) in [6.45, 7) is 2.83. The first kappa shape index (κ1) is 8.70. The zero-order valence-electron chi connectivity index (χ0n) is 6.10. The van der Waals surface area contributed by atoms with Crippen LogP contribution in [0, 0.1) is 7.11 Å². The summed E-state index contributed by atoms with van der Waals surface area (Å²) in [5.74, 6) is 0. The summed E-state index contributed by atoms with van der Waals surface area (Å²) in [5, 5.41) is 0. The van der Waals surface area contributed by atoms with Crippen molar-refractivity contribution < 1.29 is 4.74 Å². The van der Waals surface area contributed by atoms with E-state index in [0.29, 0.717) is 6.61 Å². The van der Waals surface area contributed by atoms with Crippen molar-refractivity contribution in [3.8, 4) is 0 Å². The van der Waals surface area contributed by atoms with E-state index >= 15 is 0 Å². The average Bonchev–Trinajstić information content (AvgIpc) is 1.89. The Labute approximate surface area is 57.7 Å². The van der Waals surface area contributed by atoms with Crippen molar-refractivity contribution in [1.82, 2.24) is 0 Å². The van der Waals surface area contributed by atoms with Crippen LogP contribution >= 0.6 is 0 Å². The van der Waals surface area contributed by atoms with E-state index in [0.717, 1.165) is 0 Å². The maximum atomic E-state index is 4.59. The zero-order chi connectivity index (χ0) is 6.95. The predicted octanol–water partition coefficient (Wildman–Crippen LogP) is 2.54. The molecule has 1 heteroatoms. The van der Waals surface area contributed by atoms with E-state index in [1.807, 2.05) is 6.08 Å². The lowest BCUT2D eigenvalue weighted by atomic mass is 10.2. The quantitative estimate of drug-likeness (QED) is 0.407. The minimum atomic E-state index is 0.643. The molecule has 0 fully saturated rings. The van der Waals surface area contributed by atoms with Gasteiger partial charge in [0.15, 0.2) is 0 Å². The Kier molecular flexibility index (Phi) is 7.44. The fourth-order valence-electron chi connectivity index (χ4n) is 0.576. The largest absolute Gasteiger partial charge is 0.375 e. The highest BCUT2D eigenvalue weighted by atomic mass is 16.5. The molecular formula is C8H15O. The highest BCUT2D eigenvalue weighted by Gasteiger charge is 1.76. The second kappa shape index (κ2) is 7.70. The summed E-state index contributed by atoms with van der Waals surface area (Å²) in [7, 11) is 3.25. The molecule has 9 heavy (non-hydrogen) atoms. The van der Waals surface area contributed by atoms with Crippen molar-refractivity contribution in [3.63, 3.8) is 0 Å². The third-order valence-corrected chi connectivity index (χ3v) is 1.11. The molecule has 0 aliphatic heterocycles. The highest BCUT2D eigenvalue weighted by Crippen LogP contribution is 1.94. The van der Waals surface area contributed by atoms with Gasteiger partial charge in [-0.05, 0) is 6.42 Å². The van der Waals surface area contributed by atoms with Gasteiger partial charge in [-0.15, -0.1) is 0 Å². The number of allylic oxidation sites excluding steroid dienone is 1. The monoisotopic (exact) mass is 127 g/mol. The fraction of sp³-hybridized carbons (Fsp3) is 0.625. The molecule has 0 spiro atoms. The van der Waals surface area contributed by atoms with E-state index in [1.54, 1.807) is 0 Å². The third kappa shape index (κ3) is 7.70. The number of ether oxygens (including phenoxy) is 1. The maximum Gasteiger partial charge on any atom is 0.0704 e. The molecule has 53 valence electrons. The summed E-state index contributed by atoms with van der Waals surface area (Å²) in [6, 6.07) is 0. The minimum absolute atomic E-state index is 0.643. The van der Waals surface area contributed by atoms with Crippen molar-refractivity contribution in [2.24, 2.45) is 0 Å². The van der Waals surface area contributed by atoms with Gasteiger partial charge < -0.3 is 4.74 Å². The van der Waals surface area contributed by atoms with Gasteiger partial charge in [0.05, 0.1) is 13.7 Å². The molecule has 0 aliphatic carbocycles. The summed E-state index contributed by atoms with van der Waals surface area (Å²) < 4.78 is 4.59. The summed E-state index contributed by atoms with van der Waals surface area (Å²) >= 11 is 0. The molecule has 0 aromatic heterocycles. The average molecular weight is 127 g/mol. The Hall–Kier alpha value is -0.300. The molecule has 0 N–H and O–H groups in total. The molecule has 0 saturated heterocycles. The Morgan fingerprint density at radius 2 is 2.22 bits per heavy atom. The van der Waals surface area contributed by atoms with Crippen molar-refractivity contribution in [1.29, 1.82) is 0 Å². The third-order valence-electron chi connectivity index (χ3n) is 1.11. The topological polar surface area (TPSA) is 9.23 Å². The van der Waals surface area contributed by atoms with Gasteiger partial charge in [-0.1, -0.05) is 31.9 Å². The SMILES string of the molecule is [CH2]OCC=CCCCC. The van der Waals surface area contributed by atoms with E-state index in [4.69, 9.17) is 0 Å². The highest BCUT2D eigenvalue weighted by molar-refractivity contribution is 4.80. The molecule has 0 unspecified atom stereocenters. The Morgan fingerprint density at radius 3 is 2.78 bits per heavy atom. The Balaban J connectivity index is 2.86. The number of unbranched alkanes of at least 4 members (excludes halogenated alkanes) is 2. The van der Waals surface area contributed by atoms with E-state index in [-0.39, 0.29) is 0 Å². The Bertz CT molecular complexity index is 67.0. The lowest BCUT2D eigenvalue weighted by molar-refractivity contribution is 0.281. The molecule has 0 heterocycles. The summed E-state index contributed by atoms with van der Waals surface area (Å²) in [4.78, 5) is 0. The van der Waals surface area contributed by atoms with Gasteiger partial charge in [0, 0.05) is 0 Å². The van der Waals surface area contributed by atoms with Crippen LogP contribution in [-0.4, -0.2) is 6.61 Å². The van der Waals surface area contributed by atoms with E-state index in [1.165, 1.54) is 19.3 Å². The van der Waals surface area contributed by atoms with Crippen LogP contribution in [-0.2, 0) is 4.74 Å². The van der Waals surface area contributed by atoms with Crippen molar-refractivity contribution >= 4 is 0 Å². The van der Waals surface area contributed by atoms with E-state index in [9.17, 15) is 0 Å². The molecule has 1 nitrogen and oxygen atoms in total. The van der Waals surface area contributed by atoms with E-state index < -0.39 is 0 Å². The van der Waals surface area contributed by atoms with Gasteiger partial charge in [0.25, 0.3) is 0 Å². The van der Waals surface area contributed by atoms with Crippen LogP contribution in [0.3, 0.4) is 0 Å². The summed E-state index contributed by atoms with van der Waals surface area (Å²) in [6.07, 6.45) is 7.83. The van der Waals surface area contributed by atoms with Gasteiger partial charge in [0.1, 0.15) is 0 Å². The second-order valence-electron chi connectivity index (χ2n) is 1.98. The van der Waals surface area contributed by atoms with Gasteiger partial charge in [0.2, 0.25) is 0 Å². The van der Waals surface area contributed by atoms with Crippen molar-refractivity contribution in [2.45, 2.75) is 26.2 Å². The normalized spacial score (nSPS) is 10.9. The molecular weight excluding hydrogens is 112 g/mol. The lowest BCUT2D eigenvalue weighted by Gasteiger charge is -1.88. The van der Waals surface area contributed by atoms with Crippen LogP contribution in [0.5, 0.6) is 0 Å². The Morgan fingerprint density at radius 1 is 1.44 bits per heavy atom. The summed E-state index contributed by atoms with van der Waals surface area (Å²) in [5.41, 5.74) is 0. The molecule has 0 amide bonds. The van der Waals surface area contributed by atoms with E-state index in [2.05, 4.69) is 24.8 Å². The first-order valence-electron chi connectivity index (χ1n) is 3.43. The van der Waals surface area contributed by atoms with Crippen LogP contribution in [0.1, 0.15) is 26.2 Å². The number of rotatable bonds is 5. The van der Waals surface area contributed by atoms with Crippen molar-refractivity contribution in [2.75, 3.05) is 6.61 Å². The van der Waals surface area contributed by atoms with Crippen LogP contribution in [0.2, 0.25) is 0 Å². The number of hydrogen-bond acceptors (Lipinski definition) is 1. The second-order valence-corrected chi connectivity index (χ2v) is 1.98. The molecule has 0 aliphatic rings. The van der Waals surface area contributed by atoms with Crippen LogP contribution in [0.15, 0.2) is 12.2 Å². The molecule has 0 aromatic rings.